The predicted octanol–water partition coefficient (Wildman–Crippen LogP) is 0.304. The maximum Gasteiger partial charge on any atom is 0.289 e. The van der Waals surface area contributed by atoms with Crippen LogP contribution in [0.1, 0.15) is 12.0 Å². The van der Waals surface area contributed by atoms with E-state index in [1.165, 1.54) is 19.2 Å². The number of hydrogen-bond donors (Lipinski definition) is 2. The fourth-order valence-electron chi connectivity index (χ4n) is 1.62. The van der Waals surface area contributed by atoms with Gasteiger partial charge in [0.1, 0.15) is 7.11 Å². The largest absolute Gasteiger partial charge is 0.597 e. The van der Waals surface area contributed by atoms with Gasteiger partial charge in [0.25, 0.3) is 12.5 Å². The molecule has 0 saturated heterocycles. The average Bonchev–Trinajstić information content (AvgIpc) is 2.47. The van der Waals surface area contributed by atoms with Crippen molar-refractivity contribution in [1.82, 2.24) is 10.0 Å². The molecule has 0 saturated carbocycles. The van der Waals surface area contributed by atoms with E-state index >= 15 is 0 Å². The van der Waals surface area contributed by atoms with Crippen LogP contribution in [0.15, 0.2) is 34.4 Å². The van der Waals surface area contributed by atoms with Crippen LogP contribution in [0.4, 0.5) is 0 Å². The number of sulfonamides is 1. The summed E-state index contributed by atoms with van der Waals surface area (Å²) in [6.45, 7) is 1.79. The van der Waals surface area contributed by atoms with Crippen LogP contribution >= 0.6 is 0 Å². The van der Waals surface area contributed by atoms with Gasteiger partial charge in [-0.1, -0.05) is 17.7 Å². The van der Waals surface area contributed by atoms with Crippen molar-refractivity contribution in [3.05, 3.63) is 35.0 Å². The summed E-state index contributed by atoms with van der Waals surface area (Å²) in [7, 11) is -2.36. The SMILES string of the molecule is CO/N=[N+](\[O-])CC(=O)NCCCNS(=O)(=O)c1ccc(C)cc1. The molecular weight excluding hydrogens is 324 g/mol. The van der Waals surface area contributed by atoms with Gasteiger partial charge in [0, 0.05) is 13.1 Å². The summed E-state index contributed by atoms with van der Waals surface area (Å²) in [4.78, 5) is 15.8. The third-order valence-corrected chi connectivity index (χ3v) is 4.23. The Morgan fingerprint density at radius 1 is 1.30 bits per heavy atom. The number of amides is 1. The third kappa shape index (κ3) is 7.06. The Morgan fingerprint density at radius 3 is 2.57 bits per heavy atom. The monoisotopic (exact) mass is 344 g/mol. The molecule has 0 bridgehead atoms. The lowest BCUT2D eigenvalue weighted by atomic mass is 10.2. The highest BCUT2D eigenvalue weighted by Crippen LogP contribution is 2.09. The van der Waals surface area contributed by atoms with E-state index in [0.717, 1.165) is 5.56 Å². The molecule has 1 amide bonds. The van der Waals surface area contributed by atoms with Crippen molar-refractivity contribution in [2.24, 2.45) is 5.28 Å². The second-order valence-electron chi connectivity index (χ2n) is 4.69. The summed E-state index contributed by atoms with van der Waals surface area (Å²) >= 11 is 0. The number of nitrogens with one attached hydrogen (secondary N) is 2. The van der Waals surface area contributed by atoms with Gasteiger partial charge in [-0.05, 0) is 30.3 Å². The summed E-state index contributed by atoms with van der Waals surface area (Å²) in [5.41, 5.74) is 0.972. The van der Waals surface area contributed by atoms with Crippen molar-refractivity contribution < 1.29 is 22.9 Å². The minimum atomic E-state index is -3.56. The molecule has 1 aromatic carbocycles. The highest BCUT2D eigenvalue weighted by atomic mass is 32.2. The number of hydroxylamine groups is 1. The first-order valence-electron chi connectivity index (χ1n) is 6.87. The Hall–Kier alpha value is -2.20. The maximum absolute atomic E-state index is 12.0. The van der Waals surface area contributed by atoms with Crippen LogP contribution in [0, 0.1) is 12.1 Å². The zero-order valence-corrected chi connectivity index (χ0v) is 13.8. The minimum Gasteiger partial charge on any atom is -0.597 e. The second kappa shape index (κ2) is 9.06. The smallest absolute Gasteiger partial charge is 0.289 e. The molecule has 0 heterocycles. The summed E-state index contributed by atoms with van der Waals surface area (Å²) in [6.07, 6.45) is 0.386. The van der Waals surface area contributed by atoms with E-state index in [1.807, 2.05) is 6.92 Å². The maximum atomic E-state index is 12.0. The van der Waals surface area contributed by atoms with Gasteiger partial charge in [-0.3, -0.25) is 4.79 Å². The van der Waals surface area contributed by atoms with Gasteiger partial charge in [0.2, 0.25) is 10.0 Å². The first-order chi connectivity index (χ1) is 10.8. The van der Waals surface area contributed by atoms with Crippen molar-refractivity contribution >= 4 is 15.9 Å². The molecule has 0 radical (unpaired) electrons. The molecule has 9 nitrogen and oxygen atoms in total. The molecule has 0 aliphatic heterocycles. The Bertz CT molecular complexity index is 643. The molecule has 23 heavy (non-hydrogen) atoms. The Balaban J connectivity index is 2.30. The van der Waals surface area contributed by atoms with Gasteiger partial charge in [0.05, 0.1) is 4.90 Å². The first-order valence-corrected chi connectivity index (χ1v) is 8.35. The molecule has 0 aromatic heterocycles. The van der Waals surface area contributed by atoms with Gasteiger partial charge < -0.3 is 15.4 Å². The zero-order chi connectivity index (χ0) is 17.3. The fourth-order valence-corrected chi connectivity index (χ4v) is 2.70. The summed E-state index contributed by atoms with van der Waals surface area (Å²) in [5, 5.41) is 16.4. The van der Waals surface area contributed by atoms with Crippen LogP contribution in [0.5, 0.6) is 0 Å². The number of rotatable bonds is 9. The molecule has 0 unspecified atom stereocenters. The Kier molecular flexibility index (Phi) is 7.42. The van der Waals surface area contributed by atoms with Gasteiger partial charge in [-0.2, -0.15) is 0 Å². The molecule has 1 rings (SSSR count). The first kappa shape index (κ1) is 18.8. The predicted molar refractivity (Wildman–Crippen MR) is 81.9 cm³/mol. The molecule has 0 spiro atoms. The molecule has 0 aliphatic rings. The van der Waals surface area contributed by atoms with Crippen molar-refractivity contribution in [2.75, 3.05) is 26.7 Å². The number of carbonyl (C=O) groups is 1. The van der Waals surface area contributed by atoms with E-state index in [-0.39, 0.29) is 22.8 Å². The second-order valence-corrected chi connectivity index (χ2v) is 6.46. The minimum absolute atomic E-state index is 0.107. The van der Waals surface area contributed by atoms with Crippen LogP contribution in [0.3, 0.4) is 0 Å². The van der Waals surface area contributed by atoms with Crippen molar-refractivity contribution in [1.29, 1.82) is 0 Å². The van der Waals surface area contributed by atoms with Gasteiger partial charge >= 0.3 is 0 Å². The summed E-state index contributed by atoms with van der Waals surface area (Å²) < 4.78 is 26.4. The van der Waals surface area contributed by atoms with Crippen LogP contribution in [0.25, 0.3) is 0 Å². The molecule has 128 valence electrons. The number of benzene rings is 1. The lowest BCUT2D eigenvalue weighted by Crippen LogP contribution is -2.33. The molecule has 0 aliphatic carbocycles. The molecule has 2 N–H and O–H groups in total. The van der Waals surface area contributed by atoms with Crippen molar-refractivity contribution in [3.63, 3.8) is 0 Å². The highest BCUT2D eigenvalue weighted by Gasteiger charge is 2.13. The Morgan fingerprint density at radius 2 is 1.96 bits per heavy atom. The molecular formula is C13H20N4O5S. The van der Waals surface area contributed by atoms with Crippen molar-refractivity contribution in [3.8, 4) is 0 Å². The lowest BCUT2D eigenvalue weighted by Gasteiger charge is -2.07. The normalized spacial score (nSPS) is 12.0. The van der Waals surface area contributed by atoms with Gasteiger partial charge in [0.15, 0.2) is 5.28 Å². The van der Waals surface area contributed by atoms with Crippen molar-refractivity contribution in [2.45, 2.75) is 18.2 Å². The van der Waals surface area contributed by atoms with E-state index in [0.29, 0.717) is 6.42 Å². The summed E-state index contributed by atoms with van der Waals surface area (Å²) in [5.74, 6) is -0.526. The van der Waals surface area contributed by atoms with E-state index in [9.17, 15) is 18.4 Å². The van der Waals surface area contributed by atoms with E-state index in [1.54, 1.807) is 12.1 Å². The molecule has 1 aromatic rings. The standard InChI is InChI=1S/C13H20N4O5S/c1-11-4-6-12(7-5-11)23(20,21)15-9-3-8-14-13(18)10-17(19)16-22-2/h4-7,15H,3,8-10H2,1-2H3,(H,14,18)/b17-16-. The van der Waals surface area contributed by atoms with Crippen LogP contribution in [-0.2, 0) is 19.7 Å². The quantitative estimate of drug-likeness (QED) is 0.289. The average molecular weight is 344 g/mol. The Labute approximate surface area is 134 Å². The van der Waals surface area contributed by atoms with E-state index in [2.05, 4.69) is 20.2 Å². The summed E-state index contributed by atoms with van der Waals surface area (Å²) in [6, 6.07) is 6.49. The highest BCUT2D eigenvalue weighted by molar-refractivity contribution is 7.89. The number of nitrogens with zero attached hydrogens (tertiary/aromatic N) is 2. The number of aryl methyl sites for hydroxylation is 1. The lowest BCUT2D eigenvalue weighted by molar-refractivity contribution is -0.546. The van der Waals surface area contributed by atoms with E-state index in [4.69, 9.17) is 0 Å². The number of hydrogen-bond acceptors (Lipinski definition) is 6. The van der Waals surface area contributed by atoms with E-state index < -0.39 is 22.5 Å². The van der Waals surface area contributed by atoms with Gasteiger partial charge in [-0.25, -0.2) is 13.1 Å². The zero-order valence-electron chi connectivity index (χ0n) is 13.0. The van der Waals surface area contributed by atoms with Gasteiger partial charge in [-0.15, -0.1) is 0 Å². The molecule has 0 fully saturated rings. The van der Waals surface area contributed by atoms with Crippen LogP contribution < -0.4 is 10.0 Å². The number of carbonyl (C=O) groups excluding carboxylic acids is 1. The van der Waals surface area contributed by atoms with Crippen LogP contribution in [0.2, 0.25) is 0 Å². The third-order valence-electron chi connectivity index (χ3n) is 2.75. The van der Waals surface area contributed by atoms with Crippen LogP contribution in [-0.4, -0.2) is 45.9 Å². The molecule has 0 atom stereocenters. The fraction of sp³-hybridized carbons (Fsp3) is 0.462. The molecule has 10 heteroatoms. The topological polar surface area (TPSA) is 123 Å².